The monoisotopic (exact) mass is 407 g/mol. The van der Waals surface area contributed by atoms with Crippen molar-refractivity contribution in [3.05, 3.63) is 65.7 Å². The molecular formula is C25H33N3O2. The Hall–Kier alpha value is -2.66. The Balaban J connectivity index is 1.30. The molecule has 0 saturated carbocycles. The first kappa shape index (κ1) is 22.0. The average Bonchev–Trinajstić information content (AvgIpc) is 2.75. The lowest BCUT2D eigenvalue weighted by molar-refractivity contribution is 0.101. The molecule has 0 radical (unpaired) electrons. The molecule has 3 rings (SSSR count). The lowest BCUT2D eigenvalue weighted by atomic mass is 9.85. The van der Waals surface area contributed by atoms with Crippen LogP contribution in [-0.4, -0.2) is 30.9 Å². The van der Waals surface area contributed by atoms with Crippen LogP contribution in [0, 0.1) is 5.92 Å². The van der Waals surface area contributed by atoms with E-state index in [1.54, 1.807) is 24.3 Å². The van der Waals surface area contributed by atoms with Gasteiger partial charge in [-0.3, -0.25) is 4.79 Å². The summed E-state index contributed by atoms with van der Waals surface area (Å²) < 4.78 is 0. The number of Topliss-reactive ketones (excluding diaryl/α,β-unsaturated/α-hetero) is 1. The largest absolute Gasteiger partial charge is 0.338 e. The standard InChI is InChI=1S/C25H33N3O2/c1-19(29)22-10-7-12-24(18-22)28-25(30)27-14-6-5-11-23-17-21(13-15-26-23)16-20-8-3-2-4-9-20/h2-4,7-10,12,18,21,23,26H,5-6,11,13-17H2,1H3,(H2,27,28,30). The highest BCUT2D eigenvalue weighted by molar-refractivity contribution is 5.96. The lowest BCUT2D eigenvalue weighted by Crippen LogP contribution is -2.38. The number of piperidine rings is 1. The summed E-state index contributed by atoms with van der Waals surface area (Å²) in [5.74, 6) is 0.745. The fraction of sp³-hybridized carbons (Fsp3) is 0.440. The first-order chi connectivity index (χ1) is 14.6. The van der Waals surface area contributed by atoms with Gasteiger partial charge in [0.1, 0.15) is 0 Å². The van der Waals surface area contributed by atoms with E-state index in [0.29, 0.717) is 23.8 Å². The number of benzene rings is 2. The Labute approximate surface area is 179 Å². The number of ketones is 1. The van der Waals surface area contributed by atoms with E-state index in [2.05, 4.69) is 46.3 Å². The molecule has 0 aliphatic carbocycles. The molecule has 2 atom stereocenters. The fourth-order valence-electron chi connectivity index (χ4n) is 4.16. The maximum Gasteiger partial charge on any atom is 0.319 e. The predicted octanol–water partition coefficient (Wildman–Crippen LogP) is 4.79. The molecule has 160 valence electrons. The van der Waals surface area contributed by atoms with Gasteiger partial charge < -0.3 is 16.0 Å². The molecule has 5 heteroatoms. The molecule has 2 aromatic rings. The van der Waals surface area contributed by atoms with Gasteiger partial charge in [0.05, 0.1) is 0 Å². The highest BCUT2D eigenvalue weighted by Crippen LogP contribution is 2.23. The van der Waals surface area contributed by atoms with Gasteiger partial charge in [0.2, 0.25) is 0 Å². The van der Waals surface area contributed by atoms with E-state index in [-0.39, 0.29) is 11.8 Å². The molecule has 0 spiro atoms. The molecule has 0 aromatic heterocycles. The van der Waals surface area contributed by atoms with Gasteiger partial charge in [-0.05, 0) is 69.2 Å². The highest BCUT2D eigenvalue weighted by Gasteiger charge is 2.21. The number of hydrogen-bond donors (Lipinski definition) is 3. The first-order valence-corrected chi connectivity index (χ1v) is 11.0. The number of amides is 2. The predicted molar refractivity (Wildman–Crippen MR) is 122 cm³/mol. The van der Waals surface area contributed by atoms with Crippen molar-refractivity contribution in [2.45, 2.75) is 51.5 Å². The minimum absolute atomic E-state index is 0.0126. The average molecular weight is 408 g/mol. The van der Waals surface area contributed by atoms with Gasteiger partial charge in [-0.2, -0.15) is 0 Å². The van der Waals surface area contributed by atoms with Gasteiger partial charge in [0.25, 0.3) is 0 Å². The van der Waals surface area contributed by atoms with Gasteiger partial charge in [0.15, 0.2) is 5.78 Å². The normalized spacial score (nSPS) is 18.6. The van der Waals surface area contributed by atoms with Crippen molar-refractivity contribution in [1.82, 2.24) is 10.6 Å². The molecule has 1 aliphatic rings. The third kappa shape index (κ3) is 7.30. The minimum atomic E-state index is -0.227. The number of urea groups is 1. The van der Waals surface area contributed by atoms with E-state index in [1.165, 1.54) is 31.7 Å². The summed E-state index contributed by atoms with van der Waals surface area (Å²) in [6, 6.07) is 18.1. The third-order valence-electron chi connectivity index (χ3n) is 5.76. The van der Waals surface area contributed by atoms with Gasteiger partial charge in [-0.25, -0.2) is 4.79 Å². The first-order valence-electron chi connectivity index (χ1n) is 11.0. The van der Waals surface area contributed by atoms with Crippen LogP contribution in [-0.2, 0) is 6.42 Å². The van der Waals surface area contributed by atoms with Crippen LogP contribution in [0.1, 0.15) is 54.9 Å². The molecule has 2 amide bonds. The van der Waals surface area contributed by atoms with Gasteiger partial charge >= 0.3 is 6.03 Å². The van der Waals surface area contributed by atoms with Crippen LogP contribution in [0.15, 0.2) is 54.6 Å². The second kappa shape index (κ2) is 11.5. The van der Waals surface area contributed by atoms with Crippen LogP contribution in [0.3, 0.4) is 0 Å². The quantitative estimate of drug-likeness (QED) is 0.413. The van der Waals surface area contributed by atoms with E-state index < -0.39 is 0 Å². The van der Waals surface area contributed by atoms with Crippen LogP contribution < -0.4 is 16.0 Å². The number of carbonyl (C=O) groups excluding carboxylic acids is 2. The molecule has 3 N–H and O–H groups in total. The number of nitrogens with one attached hydrogen (secondary N) is 3. The molecule has 0 bridgehead atoms. The van der Waals surface area contributed by atoms with E-state index in [1.807, 2.05) is 0 Å². The number of unbranched alkanes of at least 4 members (excludes halogenated alkanes) is 1. The zero-order chi connectivity index (χ0) is 21.2. The summed E-state index contributed by atoms with van der Waals surface area (Å²) >= 11 is 0. The molecule has 1 heterocycles. The Kier molecular flexibility index (Phi) is 8.45. The molecule has 1 fully saturated rings. The topological polar surface area (TPSA) is 70.2 Å². The van der Waals surface area contributed by atoms with Crippen LogP contribution in [0.25, 0.3) is 0 Å². The molecule has 5 nitrogen and oxygen atoms in total. The number of carbonyl (C=O) groups is 2. The van der Waals surface area contributed by atoms with Crippen molar-refractivity contribution in [2.75, 3.05) is 18.4 Å². The summed E-state index contributed by atoms with van der Waals surface area (Å²) in [4.78, 5) is 23.5. The van der Waals surface area contributed by atoms with Gasteiger partial charge in [-0.1, -0.05) is 48.9 Å². The van der Waals surface area contributed by atoms with Crippen molar-refractivity contribution >= 4 is 17.5 Å². The van der Waals surface area contributed by atoms with Gasteiger partial charge in [0, 0.05) is 23.8 Å². The zero-order valence-electron chi connectivity index (χ0n) is 17.8. The minimum Gasteiger partial charge on any atom is -0.338 e. The fourth-order valence-corrected chi connectivity index (χ4v) is 4.16. The number of anilines is 1. The van der Waals surface area contributed by atoms with Crippen molar-refractivity contribution in [1.29, 1.82) is 0 Å². The summed E-state index contributed by atoms with van der Waals surface area (Å²) in [6.45, 7) is 3.27. The van der Waals surface area contributed by atoms with Crippen molar-refractivity contribution in [2.24, 2.45) is 5.92 Å². The van der Waals surface area contributed by atoms with Gasteiger partial charge in [-0.15, -0.1) is 0 Å². The van der Waals surface area contributed by atoms with Crippen molar-refractivity contribution < 1.29 is 9.59 Å². The highest BCUT2D eigenvalue weighted by atomic mass is 16.2. The van der Waals surface area contributed by atoms with E-state index in [0.717, 1.165) is 31.7 Å². The maximum absolute atomic E-state index is 12.1. The molecule has 1 saturated heterocycles. The summed E-state index contributed by atoms with van der Waals surface area (Å²) in [5, 5.41) is 9.35. The second-order valence-electron chi connectivity index (χ2n) is 8.24. The lowest BCUT2D eigenvalue weighted by Gasteiger charge is -2.30. The molecule has 1 aliphatic heterocycles. The smallest absolute Gasteiger partial charge is 0.319 e. The Morgan fingerprint density at radius 1 is 1.07 bits per heavy atom. The van der Waals surface area contributed by atoms with Crippen LogP contribution in [0.2, 0.25) is 0 Å². The number of rotatable bonds is 9. The van der Waals surface area contributed by atoms with E-state index >= 15 is 0 Å². The van der Waals surface area contributed by atoms with Crippen LogP contribution in [0.5, 0.6) is 0 Å². The second-order valence-corrected chi connectivity index (χ2v) is 8.24. The molecule has 2 unspecified atom stereocenters. The van der Waals surface area contributed by atoms with E-state index in [4.69, 9.17) is 0 Å². The zero-order valence-corrected chi connectivity index (χ0v) is 17.8. The summed E-state index contributed by atoms with van der Waals surface area (Å²) in [6.07, 6.45) is 6.85. The number of hydrogen-bond acceptors (Lipinski definition) is 3. The third-order valence-corrected chi connectivity index (χ3v) is 5.76. The van der Waals surface area contributed by atoms with Crippen LogP contribution >= 0.6 is 0 Å². The van der Waals surface area contributed by atoms with E-state index in [9.17, 15) is 9.59 Å². The molecular weight excluding hydrogens is 374 g/mol. The Morgan fingerprint density at radius 2 is 1.90 bits per heavy atom. The summed E-state index contributed by atoms with van der Waals surface area (Å²) in [7, 11) is 0. The maximum atomic E-state index is 12.1. The Morgan fingerprint density at radius 3 is 2.70 bits per heavy atom. The SMILES string of the molecule is CC(=O)c1cccc(NC(=O)NCCCCC2CC(Cc3ccccc3)CCN2)c1. The van der Waals surface area contributed by atoms with Crippen LogP contribution in [0.4, 0.5) is 10.5 Å². The van der Waals surface area contributed by atoms with Crippen molar-refractivity contribution in [3.63, 3.8) is 0 Å². The molecule has 2 aromatic carbocycles. The van der Waals surface area contributed by atoms with Crippen molar-refractivity contribution in [3.8, 4) is 0 Å². The Bertz CT molecular complexity index is 822. The molecule has 30 heavy (non-hydrogen) atoms. The summed E-state index contributed by atoms with van der Waals surface area (Å²) in [5.41, 5.74) is 2.67.